The van der Waals surface area contributed by atoms with Crippen LogP contribution < -0.4 is 4.90 Å². The zero-order valence-corrected chi connectivity index (χ0v) is 9.55. The van der Waals surface area contributed by atoms with Crippen LogP contribution in [-0.4, -0.2) is 29.1 Å². The highest BCUT2D eigenvalue weighted by Gasteiger charge is 2.25. The fraction of sp³-hybridized carbons (Fsp3) is 0.300. The summed E-state index contributed by atoms with van der Waals surface area (Å²) in [6, 6.07) is -0.0806. The van der Waals surface area contributed by atoms with Gasteiger partial charge in [0.05, 0.1) is 17.1 Å². The number of non-ortho nitro benzene ring substituents is 1. The van der Waals surface area contributed by atoms with E-state index in [1.807, 2.05) is 0 Å². The van der Waals surface area contributed by atoms with E-state index in [4.69, 9.17) is 5.11 Å². The Kier molecular flexibility index (Phi) is 3.79. The van der Waals surface area contributed by atoms with Crippen molar-refractivity contribution in [3.05, 3.63) is 33.9 Å². The Morgan fingerprint density at radius 1 is 1.44 bits per heavy atom. The normalized spacial score (nSPS) is 12.0. The summed E-state index contributed by atoms with van der Waals surface area (Å²) < 4.78 is 27.1. The number of carbonyl (C=O) groups is 1. The summed E-state index contributed by atoms with van der Waals surface area (Å²) in [5.74, 6) is -3.63. The third kappa shape index (κ3) is 2.53. The zero-order chi connectivity index (χ0) is 14.0. The van der Waals surface area contributed by atoms with E-state index < -0.39 is 39.9 Å². The molecule has 0 heterocycles. The molecule has 0 bridgehead atoms. The van der Waals surface area contributed by atoms with Gasteiger partial charge in [-0.3, -0.25) is 10.1 Å². The molecule has 1 aromatic rings. The van der Waals surface area contributed by atoms with Gasteiger partial charge < -0.3 is 10.0 Å². The highest BCUT2D eigenvalue weighted by Crippen LogP contribution is 2.28. The topological polar surface area (TPSA) is 83.7 Å². The number of nitro benzene ring substituents is 1. The first-order valence-electron chi connectivity index (χ1n) is 4.84. The quantitative estimate of drug-likeness (QED) is 0.659. The van der Waals surface area contributed by atoms with E-state index in [9.17, 15) is 23.7 Å². The van der Waals surface area contributed by atoms with Crippen LogP contribution in [0.3, 0.4) is 0 Å². The Morgan fingerprint density at radius 2 is 1.89 bits per heavy atom. The van der Waals surface area contributed by atoms with E-state index in [0.29, 0.717) is 12.1 Å². The fourth-order valence-electron chi connectivity index (χ4n) is 1.35. The summed E-state index contributed by atoms with van der Waals surface area (Å²) in [6.45, 7) is 1.24. The first kappa shape index (κ1) is 13.8. The lowest BCUT2D eigenvalue weighted by Gasteiger charge is -2.24. The molecule has 0 aliphatic rings. The standard InChI is InChI=1S/C10H10F2N2O4/c1-5(10(15)16)13(2)9-7(11)3-6(14(17)18)4-8(9)12/h3-5H,1-2H3,(H,15,16). The highest BCUT2D eigenvalue weighted by molar-refractivity contribution is 5.77. The molecule has 8 heteroatoms. The van der Waals surface area contributed by atoms with Crippen LogP contribution in [0.2, 0.25) is 0 Å². The number of nitro groups is 1. The smallest absolute Gasteiger partial charge is 0.326 e. The number of anilines is 1. The fourth-order valence-corrected chi connectivity index (χ4v) is 1.35. The van der Waals surface area contributed by atoms with Crippen molar-refractivity contribution in [1.29, 1.82) is 0 Å². The maximum Gasteiger partial charge on any atom is 0.326 e. The minimum absolute atomic E-state index is 0.545. The number of rotatable bonds is 4. The second kappa shape index (κ2) is 4.94. The highest BCUT2D eigenvalue weighted by atomic mass is 19.1. The first-order valence-corrected chi connectivity index (χ1v) is 4.84. The van der Waals surface area contributed by atoms with Gasteiger partial charge in [0, 0.05) is 7.05 Å². The molecule has 18 heavy (non-hydrogen) atoms. The van der Waals surface area contributed by atoms with Crippen LogP contribution in [0.25, 0.3) is 0 Å². The van der Waals surface area contributed by atoms with E-state index in [1.54, 1.807) is 0 Å². The molecule has 1 atom stereocenters. The number of carboxylic acids is 1. The number of likely N-dealkylation sites (N-methyl/N-ethyl adjacent to an activating group) is 1. The molecule has 0 saturated carbocycles. The Bertz CT molecular complexity index is 484. The van der Waals surface area contributed by atoms with Gasteiger partial charge in [0.2, 0.25) is 0 Å². The van der Waals surface area contributed by atoms with Gasteiger partial charge in [-0.1, -0.05) is 0 Å². The summed E-state index contributed by atoms with van der Waals surface area (Å²) >= 11 is 0. The molecule has 0 fully saturated rings. The second-order valence-corrected chi connectivity index (χ2v) is 3.64. The van der Waals surface area contributed by atoms with Crippen molar-refractivity contribution < 1.29 is 23.6 Å². The van der Waals surface area contributed by atoms with Gasteiger partial charge in [-0.2, -0.15) is 0 Å². The summed E-state index contributed by atoms with van der Waals surface area (Å²) in [5, 5.41) is 19.1. The predicted molar refractivity (Wildman–Crippen MR) is 58.5 cm³/mol. The molecule has 0 amide bonds. The number of aliphatic carboxylic acids is 1. The molecule has 0 aliphatic carbocycles. The lowest BCUT2D eigenvalue weighted by molar-refractivity contribution is -0.385. The number of halogens is 2. The molecule has 1 rings (SSSR count). The Hall–Kier alpha value is -2.25. The average molecular weight is 260 g/mol. The molecule has 1 unspecified atom stereocenters. The monoisotopic (exact) mass is 260 g/mol. The Morgan fingerprint density at radius 3 is 2.22 bits per heavy atom. The Labute approximate surface area is 101 Å². The minimum atomic E-state index is -1.27. The predicted octanol–water partition coefficient (Wildman–Crippen LogP) is 1.78. The molecule has 1 N–H and O–H groups in total. The van der Waals surface area contributed by atoms with Crippen LogP contribution in [0, 0.1) is 21.7 Å². The summed E-state index contributed by atoms with van der Waals surface area (Å²) in [5.41, 5.74) is -1.35. The van der Waals surface area contributed by atoms with E-state index >= 15 is 0 Å². The molecular formula is C10H10F2N2O4. The van der Waals surface area contributed by atoms with Crippen LogP contribution in [0.5, 0.6) is 0 Å². The van der Waals surface area contributed by atoms with Gasteiger partial charge in [-0.25, -0.2) is 13.6 Å². The zero-order valence-electron chi connectivity index (χ0n) is 9.55. The number of nitrogens with zero attached hydrogens (tertiary/aromatic N) is 2. The van der Waals surface area contributed by atoms with Crippen molar-refractivity contribution in [2.75, 3.05) is 11.9 Å². The van der Waals surface area contributed by atoms with Gasteiger partial charge in [0.25, 0.3) is 5.69 Å². The number of hydrogen-bond donors (Lipinski definition) is 1. The van der Waals surface area contributed by atoms with Gasteiger partial charge >= 0.3 is 5.97 Å². The van der Waals surface area contributed by atoms with Gasteiger partial charge in [-0.15, -0.1) is 0 Å². The third-order valence-corrected chi connectivity index (χ3v) is 2.50. The number of benzene rings is 1. The Balaban J connectivity index is 3.26. The van der Waals surface area contributed by atoms with E-state index in [2.05, 4.69) is 0 Å². The number of carboxylic acid groups (broad SMARTS) is 1. The second-order valence-electron chi connectivity index (χ2n) is 3.64. The molecular weight excluding hydrogens is 250 g/mol. The van der Waals surface area contributed by atoms with Crippen molar-refractivity contribution in [3.8, 4) is 0 Å². The average Bonchev–Trinajstić information content (AvgIpc) is 2.26. The van der Waals surface area contributed by atoms with Crippen molar-refractivity contribution >= 4 is 17.3 Å². The number of hydrogen-bond acceptors (Lipinski definition) is 4. The van der Waals surface area contributed by atoms with Gasteiger partial charge in [0.15, 0.2) is 11.6 Å². The lowest BCUT2D eigenvalue weighted by atomic mass is 10.2. The van der Waals surface area contributed by atoms with Gasteiger partial charge in [-0.05, 0) is 6.92 Å². The lowest BCUT2D eigenvalue weighted by Crippen LogP contribution is -2.36. The van der Waals surface area contributed by atoms with Gasteiger partial charge in [0.1, 0.15) is 11.7 Å². The molecule has 0 aromatic heterocycles. The molecule has 0 radical (unpaired) electrons. The first-order chi connectivity index (χ1) is 8.25. The van der Waals surface area contributed by atoms with Crippen LogP contribution in [0.15, 0.2) is 12.1 Å². The van der Waals surface area contributed by atoms with Crippen LogP contribution >= 0.6 is 0 Å². The summed E-state index contributed by atoms with van der Waals surface area (Å²) in [7, 11) is 1.19. The minimum Gasteiger partial charge on any atom is -0.480 e. The molecule has 0 aliphatic heterocycles. The maximum absolute atomic E-state index is 13.6. The summed E-state index contributed by atoms with van der Waals surface area (Å²) in [4.78, 5) is 21.0. The third-order valence-electron chi connectivity index (χ3n) is 2.50. The van der Waals surface area contributed by atoms with Crippen molar-refractivity contribution in [2.45, 2.75) is 13.0 Å². The molecule has 0 saturated heterocycles. The molecule has 0 spiro atoms. The molecule has 98 valence electrons. The molecule has 6 nitrogen and oxygen atoms in total. The van der Waals surface area contributed by atoms with Crippen LogP contribution in [0.1, 0.15) is 6.92 Å². The van der Waals surface area contributed by atoms with E-state index in [0.717, 1.165) is 4.90 Å². The van der Waals surface area contributed by atoms with E-state index in [-0.39, 0.29) is 0 Å². The SMILES string of the molecule is CC(C(=O)O)N(C)c1c(F)cc([N+](=O)[O-])cc1F. The van der Waals surface area contributed by atoms with Crippen molar-refractivity contribution in [1.82, 2.24) is 0 Å². The maximum atomic E-state index is 13.6. The molecule has 1 aromatic carbocycles. The van der Waals surface area contributed by atoms with Crippen molar-refractivity contribution in [2.24, 2.45) is 0 Å². The van der Waals surface area contributed by atoms with Crippen LogP contribution in [0.4, 0.5) is 20.2 Å². The van der Waals surface area contributed by atoms with Crippen LogP contribution in [-0.2, 0) is 4.79 Å². The van der Waals surface area contributed by atoms with Crippen molar-refractivity contribution in [3.63, 3.8) is 0 Å². The largest absolute Gasteiger partial charge is 0.480 e. The summed E-state index contributed by atoms with van der Waals surface area (Å²) in [6.07, 6.45) is 0. The van der Waals surface area contributed by atoms with E-state index in [1.165, 1.54) is 14.0 Å².